The first-order valence-corrected chi connectivity index (χ1v) is 8.23. The highest BCUT2D eigenvalue weighted by molar-refractivity contribution is 5.89. The Morgan fingerprint density at radius 3 is 2.82 bits per heavy atom. The first-order valence-electron chi connectivity index (χ1n) is 8.23. The van der Waals surface area contributed by atoms with Gasteiger partial charge in [0, 0.05) is 30.3 Å². The number of benzene rings is 2. The van der Waals surface area contributed by atoms with Gasteiger partial charge in [0.15, 0.2) is 0 Å². The molecule has 0 unspecified atom stereocenters. The van der Waals surface area contributed by atoms with Gasteiger partial charge in [0.1, 0.15) is 5.75 Å². The molecule has 1 amide bonds. The lowest BCUT2D eigenvalue weighted by Gasteiger charge is -2.12. The number of hydrogen-bond donors (Lipinski definition) is 2. The summed E-state index contributed by atoms with van der Waals surface area (Å²) in [6.07, 6.45) is 0. The predicted molar refractivity (Wildman–Crippen MR) is 101 cm³/mol. The van der Waals surface area contributed by atoms with Crippen LogP contribution in [0.25, 0.3) is 11.4 Å². The van der Waals surface area contributed by atoms with Gasteiger partial charge in [0.25, 0.3) is 5.69 Å². The Bertz CT molecular complexity index is 1020. The molecule has 28 heavy (non-hydrogen) atoms. The number of non-ortho nitro benzene ring substituents is 1. The fourth-order valence-corrected chi connectivity index (χ4v) is 2.50. The Morgan fingerprint density at radius 1 is 1.29 bits per heavy atom. The minimum atomic E-state index is -0.486. The van der Waals surface area contributed by atoms with E-state index < -0.39 is 4.92 Å². The molecule has 0 aliphatic rings. The number of aromatic nitrogens is 2. The Morgan fingerprint density at radius 2 is 2.11 bits per heavy atom. The normalized spacial score (nSPS) is 10.4. The summed E-state index contributed by atoms with van der Waals surface area (Å²) < 4.78 is 10.5. The minimum Gasteiger partial charge on any atom is -0.495 e. The molecule has 144 valence electrons. The third-order valence-corrected chi connectivity index (χ3v) is 3.73. The highest BCUT2D eigenvalue weighted by Gasteiger charge is 2.13. The van der Waals surface area contributed by atoms with Gasteiger partial charge in [-0.1, -0.05) is 17.3 Å². The maximum absolute atomic E-state index is 11.2. The molecule has 1 heterocycles. The number of anilines is 2. The molecule has 0 atom stereocenters. The third kappa shape index (κ3) is 4.41. The van der Waals surface area contributed by atoms with Crippen molar-refractivity contribution in [2.75, 3.05) is 17.7 Å². The van der Waals surface area contributed by atoms with Crippen molar-refractivity contribution >= 4 is 23.0 Å². The number of nitro benzene ring substituents is 1. The number of carbonyl (C=O) groups is 1. The Hall–Kier alpha value is -3.95. The van der Waals surface area contributed by atoms with Gasteiger partial charge < -0.3 is 19.9 Å². The fraction of sp³-hybridized carbons (Fsp3) is 0.167. The van der Waals surface area contributed by atoms with Crippen molar-refractivity contribution < 1.29 is 19.0 Å². The SMILES string of the molecule is COc1ccc(NC(C)=O)cc1NCc1nc(-c2cccc([N+](=O)[O-])c2)no1. The van der Waals surface area contributed by atoms with Crippen LogP contribution in [0.2, 0.25) is 0 Å². The first kappa shape index (κ1) is 18.8. The van der Waals surface area contributed by atoms with Crippen LogP contribution in [0.15, 0.2) is 47.0 Å². The van der Waals surface area contributed by atoms with Crippen LogP contribution in [0.4, 0.5) is 17.1 Å². The Labute approximate surface area is 159 Å². The van der Waals surface area contributed by atoms with E-state index in [9.17, 15) is 14.9 Å². The summed E-state index contributed by atoms with van der Waals surface area (Å²) in [6, 6.07) is 11.1. The van der Waals surface area contributed by atoms with Crippen LogP contribution < -0.4 is 15.4 Å². The number of hydrogen-bond acceptors (Lipinski definition) is 8. The average molecular weight is 383 g/mol. The molecular formula is C18H17N5O5. The molecule has 0 spiro atoms. The maximum atomic E-state index is 11.2. The summed E-state index contributed by atoms with van der Waals surface area (Å²) in [4.78, 5) is 25.9. The molecule has 2 N–H and O–H groups in total. The van der Waals surface area contributed by atoms with Gasteiger partial charge in [-0.25, -0.2) is 0 Å². The summed E-state index contributed by atoms with van der Waals surface area (Å²) in [6.45, 7) is 1.62. The molecule has 10 nitrogen and oxygen atoms in total. The number of rotatable bonds is 7. The van der Waals surface area contributed by atoms with Crippen molar-refractivity contribution in [1.29, 1.82) is 0 Å². The second kappa shape index (κ2) is 8.16. The zero-order chi connectivity index (χ0) is 20.1. The summed E-state index contributed by atoms with van der Waals surface area (Å²) in [5.74, 6) is 0.926. The zero-order valence-corrected chi connectivity index (χ0v) is 15.1. The van der Waals surface area contributed by atoms with Crippen LogP contribution in [0.5, 0.6) is 5.75 Å². The van der Waals surface area contributed by atoms with Crippen molar-refractivity contribution in [3.05, 3.63) is 58.5 Å². The van der Waals surface area contributed by atoms with E-state index in [2.05, 4.69) is 20.8 Å². The molecule has 0 radical (unpaired) electrons. The van der Waals surface area contributed by atoms with Crippen molar-refractivity contribution in [3.8, 4) is 17.1 Å². The Balaban J connectivity index is 1.75. The van der Waals surface area contributed by atoms with E-state index in [1.54, 1.807) is 30.3 Å². The lowest BCUT2D eigenvalue weighted by atomic mass is 10.2. The molecule has 10 heteroatoms. The second-order valence-corrected chi connectivity index (χ2v) is 5.77. The van der Waals surface area contributed by atoms with E-state index in [0.717, 1.165) is 0 Å². The smallest absolute Gasteiger partial charge is 0.270 e. The van der Waals surface area contributed by atoms with E-state index >= 15 is 0 Å². The second-order valence-electron chi connectivity index (χ2n) is 5.77. The van der Waals surface area contributed by atoms with E-state index in [0.29, 0.717) is 22.7 Å². The number of nitrogens with one attached hydrogen (secondary N) is 2. The van der Waals surface area contributed by atoms with E-state index in [-0.39, 0.29) is 29.9 Å². The summed E-state index contributed by atoms with van der Waals surface area (Å²) in [5.41, 5.74) is 1.67. The van der Waals surface area contributed by atoms with Crippen molar-refractivity contribution in [2.45, 2.75) is 13.5 Å². The lowest BCUT2D eigenvalue weighted by molar-refractivity contribution is -0.384. The molecule has 3 rings (SSSR count). The maximum Gasteiger partial charge on any atom is 0.270 e. The number of amides is 1. The number of methoxy groups -OCH3 is 1. The van der Waals surface area contributed by atoms with Crippen LogP contribution in [0.1, 0.15) is 12.8 Å². The molecule has 0 fully saturated rings. The van der Waals surface area contributed by atoms with Crippen LogP contribution >= 0.6 is 0 Å². The molecule has 0 aliphatic carbocycles. The minimum absolute atomic E-state index is 0.0542. The summed E-state index contributed by atoms with van der Waals surface area (Å²) in [7, 11) is 1.53. The van der Waals surface area contributed by atoms with E-state index in [4.69, 9.17) is 9.26 Å². The standard InChI is InChI=1S/C18H17N5O5/c1-11(24)20-13-6-7-16(27-2)15(9-13)19-10-17-21-18(22-28-17)12-4-3-5-14(8-12)23(25)26/h3-9,19H,10H2,1-2H3,(H,20,24). The van der Waals surface area contributed by atoms with Gasteiger partial charge in [-0.05, 0) is 18.2 Å². The number of carbonyl (C=O) groups excluding carboxylic acids is 1. The highest BCUT2D eigenvalue weighted by Crippen LogP contribution is 2.28. The molecule has 0 saturated carbocycles. The predicted octanol–water partition coefficient (Wildman–Crippen LogP) is 3.22. The first-order chi connectivity index (χ1) is 13.5. The molecule has 2 aromatic carbocycles. The quantitative estimate of drug-likeness (QED) is 0.469. The van der Waals surface area contributed by atoms with Crippen LogP contribution in [-0.2, 0) is 11.3 Å². The molecule has 0 saturated heterocycles. The van der Waals surface area contributed by atoms with Crippen molar-refractivity contribution in [1.82, 2.24) is 10.1 Å². The molecule has 3 aromatic rings. The molecule has 1 aromatic heterocycles. The molecule has 0 aliphatic heterocycles. The van der Waals surface area contributed by atoms with Gasteiger partial charge in [-0.3, -0.25) is 14.9 Å². The summed E-state index contributed by atoms with van der Waals surface area (Å²) in [5, 5.41) is 20.6. The van der Waals surface area contributed by atoms with Gasteiger partial charge in [0.05, 0.1) is 24.3 Å². The topological polar surface area (TPSA) is 132 Å². The highest BCUT2D eigenvalue weighted by atomic mass is 16.6. The van der Waals surface area contributed by atoms with Gasteiger partial charge in [-0.2, -0.15) is 4.98 Å². The number of nitrogens with zero attached hydrogens (tertiary/aromatic N) is 3. The van der Waals surface area contributed by atoms with Gasteiger partial charge in [0.2, 0.25) is 17.6 Å². The van der Waals surface area contributed by atoms with Crippen LogP contribution in [0, 0.1) is 10.1 Å². The number of nitro groups is 1. The van der Waals surface area contributed by atoms with Gasteiger partial charge >= 0.3 is 0 Å². The molecular weight excluding hydrogens is 366 g/mol. The zero-order valence-electron chi connectivity index (χ0n) is 15.1. The average Bonchev–Trinajstić information content (AvgIpc) is 3.15. The lowest BCUT2D eigenvalue weighted by Crippen LogP contribution is -2.07. The van der Waals surface area contributed by atoms with E-state index in [1.807, 2.05) is 0 Å². The summed E-state index contributed by atoms with van der Waals surface area (Å²) >= 11 is 0. The Kier molecular flexibility index (Phi) is 5.49. The third-order valence-electron chi connectivity index (χ3n) is 3.73. The number of ether oxygens (including phenoxy) is 1. The van der Waals surface area contributed by atoms with Crippen LogP contribution in [0.3, 0.4) is 0 Å². The largest absolute Gasteiger partial charge is 0.495 e. The van der Waals surface area contributed by atoms with E-state index in [1.165, 1.54) is 26.2 Å². The monoisotopic (exact) mass is 383 g/mol. The van der Waals surface area contributed by atoms with Crippen LogP contribution in [-0.4, -0.2) is 28.1 Å². The van der Waals surface area contributed by atoms with Crippen molar-refractivity contribution in [2.24, 2.45) is 0 Å². The molecule has 0 bridgehead atoms. The fourth-order valence-electron chi connectivity index (χ4n) is 2.50. The van der Waals surface area contributed by atoms with Crippen molar-refractivity contribution in [3.63, 3.8) is 0 Å². The van der Waals surface area contributed by atoms with Gasteiger partial charge in [-0.15, -0.1) is 0 Å².